The van der Waals surface area contributed by atoms with Crippen LogP contribution in [0.25, 0.3) is 0 Å². The van der Waals surface area contributed by atoms with Crippen molar-refractivity contribution in [3.8, 4) is 0 Å². The third-order valence-electron chi connectivity index (χ3n) is 7.62. The van der Waals surface area contributed by atoms with Crippen LogP contribution in [0.15, 0.2) is 60.0 Å². The van der Waals surface area contributed by atoms with Crippen LogP contribution >= 0.6 is 11.3 Å². The van der Waals surface area contributed by atoms with Gasteiger partial charge in [-0.15, -0.1) is 11.3 Å². The van der Waals surface area contributed by atoms with Crippen molar-refractivity contribution in [3.63, 3.8) is 0 Å². The molecule has 0 radical (unpaired) electrons. The average molecular weight is 533 g/mol. The maximum Gasteiger partial charge on any atom is 0.270 e. The molecule has 0 saturated carbocycles. The zero-order valence-corrected chi connectivity index (χ0v) is 22.5. The fraction of sp³-hybridized carbons (Fsp3) is 0.379. The van der Waals surface area contributed by atoms with Crippen LogP contribution in [0, 0.1) is 17.0 Å². The van der Waals surface area contributed by atoms with Gasteiger partial charge in [0.25, 0.3) is 11.6 Å². The van der Waals surface area contributed by atoms with Crippen LogP contribution in [-0.4, -0.2) is 70.2 Å². The molecule has 2 atom stereocenters. The second-order valence-corrected chi connectivity index (χ2v) is 11.1. The summed E-state index contributed by atoms with van der Waals surface area (Å²) >= 11 is 1.81. The molecule has 2 aliphatic heterocycles. The van der Waals surface area contributed by atoms with Gasteiger partial charge in [0.2, 0.25) is 5.91 Å². The Morgan fingerprint density at radius 1 is 1.08 bits per heavy atom. The molecule has 38 heavy (non-hydrogen) atoms. The van der Waals surface area contributed by atoms with E-state index >= 15 is 0 Å². The van der Waals surface area contributed by atoms with Gasteiger partial charge in [-0.05, 0) is 48.9 Å². The number of piperazine rings is 1. The maximum absolute atomic E-state index is 13.3. The quantitative estimate of drug-likeness (QED) is 0.340. The first-order valence-electron chi connectivity index (χ1n) is 13.0. The van der Waals surface area contributed by atoms with E-state index in [4.69, 9.17) is 0 Å². The van der Waals surface area contributed by atoms with Gasteiger partial charge < -0.3 is 9.80 Å². The second-order valence-electron chi connectivity index (χ2n) is 10.1. The third-order valence-corrected chi connectivity index (χ3v) is 8.61. The minimum atomic E-state index is -0.498. The highest BCUT2D eigenvalue weighted by Crippen LogP contribution is 2.38. The molecular weight excluding hydrogens is 500 g/mol. The fourth-order valence-electron chi connectivity index (χ4n) is 5.55. The van der Waals surface area contributed by atoms with E-state index in [0.717, 1.165) is 13.0 Å². The van der Waals surface area contributed by atoms with Crippen molar-refractivity contribution in [2.45, 2.75) is 38.8 Å². The average Bonchev–Trinajstić information content (AvgIpc) is 3.40. The molecule has 2 aromatic carbocycles. The van der Waals surface area contributed by atoms with E-state index < -0.39 is 4.92 Å². The molecule has 8 nitrogen and oxygen atoms in total. The molecule has 1 fully saturated rings. The van der Waals surface area contributed by atoms with Gasteiger partial charge in [0.1, 0.15) is 0 Å². The number of amides is 2. The van der Waals surface area contributed by atoms with E-state index in [1.165, 1.54) is 39.8 Å². The van der Waals surface area contributed by atoms with Gasteiger partial charge in [-0.1, -0.05) is 35.9 Å². The fourth-order valence-corrected chi connectivity index (χ4v) is 6.45. The van der Waals surface area contributed by atoms with Crippen LogP contribution in [0.3, 0.4) is 0 Å². The molecule has 198 valence electrons. The lowest BCUT2D eigenvalue weighted by atomic mass is 9.92. The molecule has 0 unspecified atom stereocenters. The van der Waals surface area contributed by atoms with E-state index in [9.17, 15) is 19.7 Å². The Kier molecular flexibility index (Phi) is 7.58. The number of carbonyl (C=O) groups is 2. The van der Waals surface area contributed by atoms with Gasteiger partial charge in [0.15, 0.2) is 0 Å². The van der Waals surface area contributed by atoms with Gasteiger partial charge in [-0.3, -0.25) is 24.6 Å². The van der Waals surface area contributed by atoms with E-state index in [2.05, 4.69) is 47.5 Å². The Hall–Kier alpha value is -3.56. The number of nitro benzene ring substituents is 1. The Labute approximate surface area is 226 Å². The lowest BCUT2D eigenvalue weighted by molar-refractivity contribution is -0.384. The Bertz CT molecular complexity index is 1340. The molecule has 1 aromatic heterocycles. The van der Waals surface area contributed by atoms with Gasteiger partial charge in [0, 0.05) is 67.8 Å². The second kappa shape index (κ2) is 11.0. The zero-order valence-electron chi connectivity index (χ0n) is 21.7. The number of aryl methyl sites for hydroxylation is 1. The van der Waals surface area contributed by atoms with Crippen molar-refractivity contribution in [3.05, 3.63) is 97.2 Å². The van der Waals surface area contributed by atoms with Crippen LogP contribution in [0.5, 0.6) is 0 Å². The molecule has 2 amide bonds. The Morgan fingerprint density at radius 3 is 2.61 bits per heavy atom. The van der Waals surface area contributed by atoms with Gasteiger partial charge in [0.05, 0.1) is 11.0 Å². The third kappa shape index (κ3) is 5.35. The summed E-state index contributed by atoms with van der Waals surface area (Å²) in [4.78, 5) is 44.3. The van der Waals surface area contributed by atoms with Crippen molar-refractivity contribution >= 4 is 28.8 Å². The normalized spacial score (nSPS) is 19.7. The van der Waals surface area contributed by atoms with Crippen molar-refractivity contribution in [1.82, 2.24) is 14.7 Å². The number of nitrogens with zero attached hydrogens (tertiary/aromatic N) is 4. The van der Waals surface area contributed by atoms with Crippen LogP contribution in [0.4, 0.5) is 5.69 Å². The molecule has 0 bridgehead atoms. The van der Waals surface area contributed by atoms with Crippen LogP contribution < -0.4 is 0 Å². The molecule has 9 heteroatoms. The first-order valence-corrected chi connectivity index (χ1v) is 13.9. The predicted octanol–water partition coefficient (Wildman–Crippen LogP) is 4.68. The van der Waals surface area contributed by atoms with Gasteiger partial charge >= 0.3 is 0 Å². The molecule has 0 spiro atoms. The highest BCUT2D eigenvalue weighted by Gasteiger charge is 2.33. The number of fused-ring (bicyclic) bond motifs is 1. The zero-order chi connectivity index (χ0) is 26.8. The minimum absolute atomic E-state index is 0.0954. The Balaban J connectivity index is 1.21. The molecule has 5 rings (SSSR count). The molecular formula is C29H32N4O4S. The lowest BCUT2D eigenvalue weighted by Gasteiger charge is -2.40. The molecule has 1 saturated heterocycles. The summed E-state index contributed by atoms with van der Waals surface area (Å²) in [7, 11) is 0. The summed E-state index contributed by atoms with van der Waals surface area (Å²) in [5.74, 6) is -0.146. The van der Waals surface area contributed by atoms with Crippen LogP contribution in [-0.2, 0) is 11.2 Å². The SMILES string of the molecule is Cc1ccc([C@@H]2c3ccsc3CCN2CCC(=O)N2CCN(C(=O)c3cccc([N+](=O)[O-])c3)[C@@H](C)C2)cc1. The number of benzene rings is 2. The van der Waals surface area contributed by atoms with Crippen LogP contribution in [0.1, 0.15) is 51.3 Å². The van der Waals surface area contributed by atoms with Crippen molar-refractivity contribution in [2.75, 3.05) is 32.7 Å². The summed E-state index contributed by atoms with van der Waals surface area (Å²) in [5, 5.41) is 13.3. The molecule has 0 aliphatic carbocycles. The summed E-state index contributed by atoms with van der Waals surface area (Å²) < 4.78 is 0. The molecule has 3 aromatic rings. The summed E-state index contributed by atoms with van der Waals surface area (Å²) in [6.45, 7) is 6.92. The highest BCUT2D eigenvalue weighted by molar-refractivity contribution is 7.10. The van der Waals surface area contributed by atoms with E-state index in [0.29, 0.717) is 38.2 Å². The van der Waals surface area contributed by atoms with Crippen molar-refractivity contribution < 1.29 is 14.5 Å². The van der Waals surface area contributed by atoms with Gasteiger partial charge in [-0.25, -0.2) is 0 Å². The van der Waals surface area contributed by atoms with E-state index in [-0.39, 0.29) is 29.6 Å². The largest absolute Gasteiger partial charge is 0.339 e. The monoisotopic (exact) mass is 532 g/mol. The number of carbonyl (C=O) groups excluding carboxylic acids is 2. The lowest BCUT2D eigenvalue weighted by Crippen LogP contribution is -2.55. The molecule has 0 N–H and O–H groups in total. The standard InChI is InChI=1S/C29H32N4O4S/c1-20-6-8-22(9-7-20)28-25-12-17-38-26(25)10-13-30(28)14-11-27(34)31-15-16-32(21(2)19-31)29(35)23-4-3-5-24(18-23)33(36)37/h3-9,12,17-18,21,28H,10-11,13-16,19H2,1-2H3/t21-,28+/m0/s1. The maximum atomic E-state index is 13.3. The summed E-state index contributed by atoms with van der Waals surface area (Å²) in [5.41, 5.74) is 4.03. The predicted molar refractivity (Wildman–Crippen MR) is 147 cm³/mol. The Morgan fingerprint density at radius 2 is 1.87 bits per heavy atom. The topological polar surface area (TPSA) is 87.0 Å². The highest BCUT2D eigenvalue weighted by atomic mass is 32.1. The first-order chi connectivity index (χ1) is 18.3. The van der Waals surface area contributed by atoms with E-state index in [1.807, 2.05) is 23.2 Å². The molecule has 2 aliphatic rings. The number of thiophene rings is 1. The number of rotatable bonds is 6. The van der Waals surface area contributed by atoms with Crippen molar-refractivity contribution in [2.24, 2.45) is 0 Å². The number of hydrogen-bond acceptors (Lipinski definition) is 6. The summed E-state index contributed by atoms with van der Waals surface area (Å²) in [6, 6.07) is 16.7. The number of hydrogen-bond donors (Lipinski definition) is 0. The number of non-ortho nitro benzene ring substituents is 1. The molecule has 3 heterocycles. The van der Waals surface area contributed by atoms with E-state index in [1.54, 1.807) is 11.0 Å². The van der Waals surface area contributed by atoms with Gasteiger partial charge in [-0.2, -0.15) is 0 Å². The number of nitro groups is 1. The first kappa shape index (κ1) is 26.1. The smallest absolute Gasteiger partial charge is 0.270 e. The van der Waals surface area contributed by atoms with Crippen LogP contribution in [0.2, 0.25) is 0 Å². The summed E-state index contributed by atoms with van der Waals surface area (Å²) in [6.07, 6.45) is 1.42. The minimum Gasteiger partial charge on any atom is -0.339 e. The van der Waals surface area contributed by atoms with Crippen molar-refractivity contribution in [1.29, 1.82) is 0 Å².